The van der Waals surface area contributed by atoms with Gasteiger partial charge in [-0.25, -0.2) is 4.79 Å². The molecule has 0 spiro atoms. The minimum absolute atomic E-state index is 0.0320. The summed E-state index contributed by atoms with van der Waals surface area (Å²) in [5.74, 6) is -1.52. The molecule has 0 fully saturated rings. The number of hydrogen-bond donors (Lipinski definition) is 2. The lowest BCUT2D eigenvalue weighted by atomic mass is 10.1. The normalized spacial score (nSPS) is 12.4. The standard InChI is InChI=1S/C12H21NO6/c1-12(2,3)19-11(17)13-8(7-9(14)15)5-6-10(16)18-4/h8H,5-7H2,1-4H3,(H,13,17)(H,14,15). The molecule has 0 aliphatic rings. The van der Waals surface area contributed by atoms with E-state index in [1.807, 2.05) is 0 Å². The van der Waals surface area contributed by atoms with Crippen LogP contribution in [0.5, 0.6) is 0 Å². The molecule has 0 heterocycles. The number of rotatable bonds is 6. The second-order valence-corrected chi connectivity index (χ2v) is 5.06. The van der Waals surface area contributed by atoms with E-state index in [4.69, 9.17) is 9.84 Å². The minimum Gasteiger partial charge on any atom is -0.481 e. The van der Waals surface area contributed by atoms with E-state index in [2.05, 4.69) is 10.1 Å². The van der Waals surface area contributed by atoms with E-state index in [9.17, 15) is 14.4 Å². The Morgan fingerprint density at radius 3 is 2.26 bits per heavy atom. The average Bonchev–Trinajstić information content (AvgIpc) is 2.21. The highest BCUT2D eigenvalue weighted by molar-refractivity contribution is 5.72. The van der Waals surface area contributed by atoms with Crippen molar-refractivity contribution in [2.24, 2.45) is 0 Å². The van der Waals surface area contributed by atoms with Gasteiger partial charge in [0.1, 0.15) is 5.60 Å². The topological polar surface area (TPSA) is 102 Å². The Labute approximate surface area is 112 Å². The van der Waals surface area contributed by atoms with Crippen LogP contribution in [-0.2, 0) is 19.1 Å². The molecule has 0 aromatic heterocycles. The first-order valence-electron chi connectivity index (χ1n) is 5.92. The monoisotopic (exact) mass is 275 g/mol. The summed E-state index contributed by atoms with van der Waals surface area (Å²) in [5, 5.41) is 11.2. The fraction of sp³-hybridized carbons (Fsp3) is 0.750. The van der Waals surface area contributed by atoms with Crippen LogP contribution in [0.3, 0.4) is 0 Å². The Balaban J connectivity index is 4.38. The van der Waals surface area contributed by atoms with Crippen molar-refractivity contribution in [3.05, 3.63) is 0 Å². The van der Waals surface area contributed by atoms with Crippen molar-refractivity contribution in [3.8, 4) is 0 Å². The van der Waals surface area contributed by atoms with Gasteiger partial charge in [0, 0.05) is 12.5 Å². The largest absolute Gasteiger partial charge is 0.481 e. The fourth-order valence-electron chi connectivity index (χ4n) is 1.30. The third-order valence-electron chi connectivity index (χ3n) is 2.07. The van der Waals surface area contributed by atoms with Gasteiger partial charge in [-0.1, -0.05) is 0 Å². The molecule has 0 saturated carbocycles. The number of hydrogen-bond acceptors (Lipinski definition) is 5. The maximum atomic E-state index is 11.5. The number of methoxy groups -OCH3 is 1. The van der Waals surface area contributed by atoms with Gasteiger partial charge in [0.25, 0.3) is 0 Å². The quantitative estimate of drug-likeness (QED) is 0.708. The van der Waals surface area contributed by atoms with Crippen molar-refractivity contribution < 1.29 is 29.0 Å². The van der Waals surface area contributed by atoms with Gasteiger partial charge >= 0.3 is 18.0 Å². The van der Waals surface area contributed by atoms with E-state index in [1.54, 1.807) is 20.8 Å². The Hall–Kier alpha value is -1.79. The maximum Gasteiger partial charge on any atom is 0.407 e. The SMILES string of the molecule is COC(=O)CCC(CC(=O)O)NC(=O)OC(C)(C)C. The van der Waals surface area contributed by atoms with Crippen LogP contribution >= 0.6 is 0 Å². The van der Waals surface area contributed by atoms with Crippen molar-refractivity contribution in [1.29, 1.82) is 0 Å². The number of carbonyl (C=O) groups is 3. The molecule has 1 unspecified atom stereocenters. The number of amides is 1. The molecule has 0 aliphatic heterocycles. The zero-order valence-electron chi connectivity index (χ0n) is 11.7. The molecule has 0 aromatic carbocycles. The van der Waals surface area contributed by atoms with E-state index in [0.717, 1.165) is 0 Å². The molecule has 7 heteroatoms. The average molecular weight is 275 g/mol. The molecule has 2 N–H and O–H groups in total. The molecule has 110 valence electrons. The maximum absolute atomic E-state index is 11.5. The Bertz CT molecular complexity index is 334. The van der Waals surface area contributed by atoms with E-state index >= 15 is 0 Å². The summed E-state index contributed by atoms with van der Waals surface area (Å²) in [4.78, 5) is 33.2. The van der Waals surface area contributed by atoms with Crippen molar-refractivity contribution >= 4 is 18.0 Å². The summed E-state index contributed by atoms with van der Waals surface area (Å²) in [6, 6.07) is -0.675. The highest BCUT2D eigenvalue weighted by Gasteiger charge is 2.21. The van der Waals surface area contributed by atoms with Crippen molar-refractivity contribution in [1.82, 2.24) is 5.32 Å². The summed E-state index contributed by atoms with van der Waals surface area (Å²) in [5.41, 5.74) is -0.666. The molecule has 0 radical (unpaired) electrons. The number of alkyl carbamates (subject to hydrolysis) is 1. The van der Waals surface area contributed by atoms with Gasteiger partial charge in [-0.05, 0) is 27.2 Å². The van der Waals surface area contributed by atoms with Gasteiger partial charge in [0.05, 0.1) is 13.5 Å². The van der Waals surface area contributed by atoms with Crippen LogP contribution in [0.1, 0.15) is 40.0 Å². The van der Waals surface area contributed by atoms with E-state index < -0.39 is 29.7 Å². The lowest BCUT2D eigenvalue weighted by Gasteiger charge is -2.22. The van der Waals surface area contributed by atoms with Gasteiger partial charge in [-0.3, -0.25) is 9.59 Å². The van der Waals surface area contributed by atoms with Crippen LogP contribution in [0.4, 0.5) is 4.79 Å². The zero-order chi connectivity index (χ0) is 15.1. The summed E-state index contributed by atoms with van der Waals surface area (Å²) < 4.78 is 9.48. The van der Waals surface area contributed by atoms with E-state index in [-0.39, 0.29) is 19.3 Å². The molecule has 0 bridgehead atoms. The second-order valence-electron chi connectivity index (χ2n) is 5.06. The number of carboxylic acid groups (broad SMARTS) is 1. The first-order chi connectivity index (χ1) is 8.64. The van der Waals surface area contributed by atoms with Crippen molar-refractivity contribution in [2.75, 3.05) is 7.11 Å². The predicted molar refractivity (Wildman–Crippen MR) is 66.7 cm³/mol. The van der Waals surface area contributed by atoms with Crippen LogP contribution in [-0.4, -0.2) is 41.9 Å². The van der Waals surface area contributed by atoms with Crippen molar-refractivity contribution in [2.45, 2.75) is 51.7 Å². The summed E-state index contributed by atoms with van der Waals surface area (Å²) in [6.45, 7) is 5.10. The first-order valence-corrected chi connectivity index (χ1v) is 5.92. The van der Waals surface area contributed by atoms with E-state index in [1.165, 1.54) is 7.11 Å². The number of ether oxygens (including phenoxy) is 2. The number of nitrogens with one attached hydrogen (secondary N) is 1. The lowest BCUT2D eigenvalue weighted by molar-refractivity contribution is -0.142. The molecular weight excluding hydrogens is 254 g/mol. The highest BCUT2D eigenvalue weighted by Crippen LogP contribution is 2.09. The molecule has 0 rings (SSSR count). The van der Waals surface area contributed by atoms with Gasteiger partial charge in [-0.15, -0.1) is 0 Å². The fourth-order valence-corrected chi connectivity index (χ4v) is 1.30. The second kappa shape index (κ2) is 7.60. The molecule has 0 saturated heterocycles. The highest BCUT2D eigenvalue weighted by atomic mass is 16.6. The number of carboxylic acids is 1. The molecule has 0 aliphatic carbocycles. The predicted octanol–water partition coefficient (Wildman–Crippen LogP) is 1.31. The van der Waals surface area contributed by atoms with Gasteiger partial charge in [-0.2, -0.15) is 0 Å². The summed E-state index contributed by atoms with van der Waals surface area (Å²) in [6.07, 6.45) is -0.776. The van der Waals surface area contributed by atoms with Crippen LogP contribution in [0.2, 0.25) is 0 Å². The molecule has 1 atom stereocenters. The smallest absolute Gasteiger partial charge is 0.407 e. The van der Waals surface area contributed by atoms with Crippen LogP contribution in [0.15, 0.2) is 0 Å². The zero-order valence-corrected chi connectivity index (χ0v) is 11.7. The van der Waals surface area contributed by atoms with Gasteiger partial charge < -0.3 is 19.9 Å². The van der Waals surface area contributed by atoms with Crippen molar-refractivity contribution in [3.63, 3.8) is 0 Å². The number of carbonyl (C=O) groups excluding carboxylic acids is 2. The molecule has 0 aromatic rings. The summed E-state index contributed by atoms with van der Waals surface area (Å²) >= 11 is 0. The molecular formula is C12H21NO6. The minimum atomic E-state index is -1.06. The Kier molecular flexibility index (Phi) is 6.89. The van der Waals surface area contributed by atoms with Crippen LogP contribution in [0, 0.1) is 0 Å². The summed E-state index contributed by atoms with van der Waals surface area (Å²) in [7, 11) is 1.25. The number of aliphatic carboxylic acids is 1. The van der Waals surface area contributed by atoms with Crippen LogP contribution < -0.4 is 5.32 Å². The third-order valence-corrected chi connectivity index (χ3v) is 2.07. The third kappa shape index (κ3) is 9.87. The Morgan fingerprint density at radius 2 is 1.84 bits per heavy atom. The van der Waals surface area contributed by atoms with Gasteiger partial charge in [0.2, 0.25) is 0 Å². The van der Waals surface area contributed by atoms with Gasteiger partial charge in [0.15, 0.2) is 0 Å². The molecule has 1 amide bonds. The lowest BCUT2D eigenvalue weighted by Crippen LogP contribution is -2.40. The Morgan fingerprint density at radius 1 is 1.26 bits per heavy atom. The number of esters is 1. The first kappa shape index (κ1) is 17.2. The van der Waals surface area contributed by atoms with Crippen LogP contribution in [0.25, 0.3) is 0 Å². The molecule has 19 heavy (non-hydrogen) atoms. The van der Waals surface area contributed by atoms with E-state index in [0.29, 0.717) is 0 Å². The molecule has 7 nitrogen and oxygen atoms in total.